The molecule has 0 radical (unpaired) electrons. The molecule has 0 atom stereocenters. The second-order valence-electron chi connectivity index (χ2n) is 7.19. The summed E-state index contributed by atoms with van der Waals surface area (Å²) in [5, 5.41) is 2.99. The average Bonchev–Trinajstić information content (AvgIpc) is 2.64. The lowest BCUT2D eigenvalue weighted by atomic mass is 9.95. The standard InChI is InChI=1S/C20H29BrN2O3/c1-15(2)14-26-13-3-10-22-19(24)16-8-11-23(12-9-16)20(25)17-4-6-18(21)7-5-17/h4-7,15-16H,3,8-14H2,1-2H3,(H,22,24). The van der Waals surface area contributed by atoms with Gasteiger partial charge in [-0.25, -0.2) is 0 Å². The number of ether oxygens (including phenoxy) is 1. The van der Waals surface area contributed by atoms with Gasteiger partial charge in [0.15, 0.2) is 0 Å². The maximum Gasteiger partial charge on any atom is 0.253 e. The van der Waals surface area contributed by atoms with Gasteiger partial charge in [-0.15, -0.1) is 0 Å². The fourth-order valence-corrected chi connectivity index (χ4v) is 3.23. The number of halogens is 1. The third-order valence-electron chi connectivity index (χ3n) is 4.46. The van der Waals surface area contributed by atoms with Gasteiger partial charge < -0.3 is 15.0 Å². The number of rotatable bonds is 8. The highest BCUT2D eigenvalue weighted by Gasteiger charge is 2.27. The van der Waals surface area contributed by atoms with Crippen LogP contribution in [0.4, 0.5) is 0 Å². The first-order valence-corrected chi connectivity index (χ1v) is 10.2. The zero-order valence-electron chi connectivity index (χ0n) is 15.7. The Hall–Kier alpha value is -1.40. The van der Waals surface area contributed by atoms with Gasteiger partial charge in [0.2, 0.25) is 5.91 Å². The van der Waals surface area contributed by atoms with Crippen LogP contribution in [-0.4, -0.2) is 49.6 Å². The van der Waals surface area contributed by atoms with E-state index < -0.39 is 0 Å². The molecule has 0 aromatic heterocycles. The summed E-state index contributed by atoms with van der Waals surface area (Å²) < 4.78 is 6.47. The van der Waals surface area contributed by atoms with E-state index in [2.05, 4.69) is 35.1 Å². The summed E-state index contributed by atoms with van der Waals surface area (Å²) in [5.41, 5.74) is 0.692. The minimum Gasteiger partial charge on any atom is -0.381 e. The lowest BCUT2D eigenvalue weighted by molar-refractivity contribution is -0.126. The van der Waals surface area contributed by atoms with E-state index in [1.807, 2.05) is 29.2 Å². The third-order valence-corrected chi connectivity index (χ3v) is 4.99. The number of benzene rings is 1. The van der Waals surface area contributed by atoms with Crippen molar-refractivity contribution in [2.24, 2.45) is 11.8 Å². The van der Waals surface area contributed by atoms with Crippen LogP contribution in [0.3, 0.4) is 0 Å². The van der Waals surface area contributed by atoms with Gasteiger partial charge in [-0.2, -0.15) is 0 Å². The van der Waals surface area contributed by atoms with Crippen LogP contribution in [0.5, 0.6) is 0 Å². The van der Waals surface area contributed by atoms with Gasteiger partial charge in [-0.3, -0.25) is 9.59 Å². The van der Waals surface area contributed by atoms with Crippen LogP contribution < -0.4 is 5.32 Å². The summed E-state index contributed by atoms with van der Waals surface area (Å²) in [6.07, 6.45) is 2.27. The summed E-state index contributed by atoms with van der Waals surface area (Å²) in [6.45, 7) is 7.59. The summed E-state index contributed by atoms with van der Waals surface area (Å²) in [7, 11) is 0. The topological polar surface area (TPSA) is 58.6 Å². The van der Waals surface area contributed by atoms with Gasteiger partial charge in [0.05, 0.1) is 0 Å². The van der Waals surface area contributed by atoms with E-state index in [9.17, 15) is 9.59 Å². The van der Waals surface area contributed by atoms with E-state index in [0.717, 1.165) is 30.3 Å². The number of amides is 2. The van der Waals surface area contributed by atoms with Crippen molar-refractivity contribution in [2.45, 2.75) is 33.1 Å². The quantitative estimate of drug-likeness (QED) is 0.649. The molecule has 0 bridgehead atoms. The number of nitrogens with one attached hydrogen (secondary N) is 1. The summed E-state index contributed by atoms with van der Waals surface area (Å²) in [5.74, 6) is 0.679. The second-order valence-corrected chi connectivity index (χ2v) is 8.10. The van der Waals surface area contributed by atoms with Gasteiger partial charge in [-0.1, -0.05) is 29.8 Å². The van der Waals surface area contributed by atoms with E-state index in [0.29, 0.717) is 37.7 Å². The Bertz CT molecular complexity index is 581. The largest absolute Gasteiger partial charge is 0.381 e. The first-order valence-electron chi connectivity index (χ1n) is 9.37. The fourth-order valence-electron chi connectivity index (χ4n) is 2.97. The average molecular weight is 425 g/mol. The SMILES string of the molecule is CC(C)COCCCNC(=O)C1CCN(C(=O)c2ccc(Br)cc2)CC1. The minimum atomic E-state index is 0.000509. The highest BCUT2D eigenvalue weighted by Crippen LogP contribution is 2.20. The van der Waals surface area contributed by atoms with Crippen LogP contribution in [-0.2, 0) is 9.53 Å². The van der Waals surface area contributed by atoms with Crippen molar-refractivity contribution in [2.75, 3.05) is 32.8 Å². The van der Waals surface area contributed by atoms with Gasteiger partial charge in [0.25, 0.3) is 5.91 Å². The molecule has 0 spiro atoms. The molecule has 1 aliphatic heterocycles. The molecule has 0 saturated carbocycles. The monoisotopic (exact) mass is 424 g/mol. The van der Waals surface area contributed by atoms with Crippen molar-refractivity contribution in [1.82, 2.24) is 10.2 Å². The first-order chi connectivity index (χ1) is 12.5. The van der Waals surface area contributed by atoms with Crippen LogP contribution in [0.15, 0.2) is 28.7 Å². The van der Waals surface area contributed by atoms with Crippen molar-refractivity contribution < 1.29 is 14.3 Å². The van der Waals surface area contributed by atoms with Crippen molar-refractivity contribution in [3.8, 4) is 0 Å². The molecule has 1 heterocycles. The van der Waals surface area contributed by atoms with Crippen molar-refractivity contribution in [3.63, 3.8) is 0 Å². The molecule has 6 heteroatoms. The molecule has 26 heavy (non-hydrogen) atoms. The van der Waals surface area contributed by atoms with Crippen LogP contribution in [0.25, 0.3) is 0 Å². The second kappa shape index (κ2) is 10.7. The molecular formula is C20H29BrN2O3. The number of carbonyl (C=O) groups excluding carboxylic acids is 2. The van der Waals surface area contributed by atoms with Crippen LogP contribution >= 0.6 is 15.9 Å². The highest BCUT2D eigenvalue weighted by atomic mass is 79.9. The molecule has 144 valence electrons. The lowest BCUT2D eigenvalue weighted by Crippen LogP contribution is -2.43. The maximum absolute atomic E-state index is 12.5. The lowest BCUT2D eigenvalue weighted by Gasteiger charge is -2.31. The van der Waals surface area contributed by atoms with Crippen molar-refractivity contribution >= 4 is 27.7 Å². The predicted octanol–water partition coefficient (Wildman–Crippen LogP) is 3.48. The Morgan fingerprint density at radius 2 is 1.88 bits per heavy atom. The Morgan fingerprint density at radius 1 is 1.23 bits per heavy atom. The van der Waals surface area contributed by atoms with E-state index in [1.165, 1.54) is 0 Å². The number of likely N-dealkylation sites (tertiary alicyclic amines) is 1. The van der Waals surface area contributed by atoms with E-state index >= 15 is 0 Å². The molecule has 1 N–H and O–H groups in total. The zero-order valence-corrected chi connectivity index (χ0v) is 17.3. The van der Waals surface area contributed by atoms with Gasteiger partial charge in [-0.05, 0) is 49.4 Å². The van der Waals surface area contributed by atoms with Crippen LogP contribution in [0.1, 0.15) is 43.5 Å². The smallest absolute Gasteiger partial charge is 0.253 e. The molecule has 0 aliphatic carbocycles. The number of piperidine rings is 1. The molecule has 1 aromatic carbocycles. The van der Waals surface area contributed by atoms with Crippen LogP contribution in [0, 0.1) is 11.8 Å². The molecule has 5 nitrogen and oxygen atoms in total. The van der Waals surface area contributed by atoms with E-state index in [1.54, 1.807) is 0 Å². The number of nitrogens with zero attached hydrogens (tertiary/aromatic N) is 1. The maximum atomic E-state index is 12.5. The Balaban J connectivity index is 1.66. The van der Waals surface area contributed by atoms with Crippen molar-refractivity contribution in [1.29, 1.82) is 0 Å². The molecule has 1 aromatic rings. The highest BCUT2D eigenvalue weighted by molar-refractivity contribution is 9.10. The molecule has 1 aliphatic rings. The molecule has 1 saturated heterocycles. The van der Waals surface area contributed by atoms with E-state index in [-0.39, 0.29) is 17.7 Å². The number of hydrogen-bond acceptors (Lipinski definition) is 3. The summed E-state index contributed by atoms with van der Waals surface area (Å²) in [4.78, 5) is 26.6. The Labute approximate surface area is 164 Å². The summed E-state index contributed by atoms with van der Waals surface area (Å²) in [6, 6.07) is 7.40. The summed E-state index contributed by atoms with van der Waals surface area (Å²) >= 11 is 3.38. The molecule has 0 unspecified atom stereocenters. The molecule has 2 amide bonds. The number of carbonyl (C=O) groups is 2. The Morgan fingerprint density at radius 3 is 2.50 bits per heavy atom. The molecule has 1 fully saturated rings. The number of hydrogen-bond donors (Lipinski definition) is 1. The Kier molecular flexibility index (Phi) is 8.59. The van der Waals surface area contributed by atoms with Crippen LogP contribution in [0.2, 0.25) is 0 Å². The third kappa shape index (κ3) is 6.72. The fraction of sp³-hybridized carbons (Fsp3) is 0.600. The molecular weight excluding hydrogens is 396 g/mol. The molecule has 2 rings (SSSR count). The zero-order chi connectivity index (χ0) is 18.9. The minimum absolute atomic E-state index is 0.000509. The van der Waals surface area contributed by atoms with Crippen molar-refractivity contribution in [3.05, 3.63) is 34.3 Å². The van der Waals surface area contributed by atoms with Gasteiger partial charge in [0, 0.05) is 48.8 Å². The predicted molar refractivity (Wildman–Crippen MR) is 106 cm³/mol. The van der Waals surface area contributed by atoms with E-state index in [4.69, 9.17) is 4.74 Å². The van der Waals surface area contributed by atoms with Gasteiger partial charge >= 0.3 is 0 Å². The van der Waals surface area contributed by atoms with Gasteiger partial charge in [0.1, 0.15) is 0 Å². The normalized spacial score (nSPS) is 15.3. The first kappa shape index (κ1) is 20.9.